The van der Waals surface area contributed by atoms with Crippen molar-refractivity contribution in [3.05, 3.63) is 59.7 Å². The van der Waals surface area contributed by atoms with Gasteiger partial charge in [0.1, 0.15) is 0 Å². The van der Waals surface area contributed by atoms with Crippen molar-refractivity contribution < 1.29 is 0 Å². The zero-order valence-electron chi connectivity index (χ0n) is 11.1. The lowest BCUT2D eigenvalue weighted by Crippen LogP contribution is -2.13. The molecule has 0 saturated heterocycles. The predicted octanol–water partition coefficient (Wildman–Crippen LogP) is 4.10. The van der Waals surface area contributed by atoms with E-state index in [2.05, 4.69) is 49.2 Å². The van der Waals surface area contributed by atoms with Gasteiger partial charge in [-0.05, 0) is 37.1 Å². The lowest BCUT2D eigenvalue weighted by molar-refractivity contribution is 1.26. The molecule has 0 spiro atoms. The van der Waals surface area contributed by atoms with Gasteiger partial charge in [0.2, 0.25) is 0 Å². The van der Waals surface area contributed by atoms with Crippen LogP contribution in [0.3, 0.4) is 0 Å². The van der Waals surface area contributed by atoms with Crippen LogP contribution in [0.2, 0.25) is 0 Å². The van der Waals surface area contributed by atoms with Crippen molar-refractivity contribution in [2.75, 3.05) is 11.9 Å². The minimum atomic E-state index is 1.06. The standard InChI is InChI=1S/C16H18N2/c1-13-8-7-9-14(2)16(13)17-12-18(3)15-10-5-4-6-11-15/h4-12H,1-3H3. The molecule has 0 heterocycles. The first-order valence-electron chi connectivity index (χ1n) is 6.07. The number of benzene rings is 2. The van der Waals surface area contributed by atoms with E-state index in [0.717, 1.165) is 11.4 Å². The van der Waals surface area contributed by atoms with E-state index >= 15 is 0 Å². The largest absolute Gasteiger partial charge is 0.336 e. The molecular formula is C16H18N2. The number of rotatable bonds is 3. The van der Waals surface area contributed by atoms with E-state index in [1.54, 1.807) is 0 Å². The molecule has 2 rings (SSSR count). The van der Waals surface area contributed by atoms with E-state index in [0.29, 0.717) is 0 Å². The maximum absolute atomic E-state index is 4.58. The van der Waals surface area contributed by atoms with Gasteiger partial charge in [0.05, 0.1) is 12.0 Å². The molecule has 0 aromatic heterocycles. The summed E-state index contributed by atoms with van der Waals surface area (Å²) in [5.74, 6) is 0. The summed E-state index contributed by atoms with van der Waals surface area (Å²) in [6.07, 6.45) is 1.87. The average Bonchev–Trinajstić information content (AvgIpc) is 2.39. The third kappa shape index (κ3) is 2.77. The maximum Gasteiger partial charge on any atom is 0.0954 e. The molecule has 0 aliphatic heterocycles. The number of aliphatic imine (C=N–C) groups is 1. The summed E-state index contributed by atoms with van der Waals surface area (Å²) in [5, 5.41) is 0. The van der Waals surface area contributed by atoms with Gasteiger partial charge in [-0.25, -0.2) is 4.99 Å². The fourth-order valence-electron chi connectivity index (χ4n) is 1.88. The molecule has 0 fully saturated rings. The Balaban J connectivity index is 2.21. The number of nitrogens with zero attached hydrogens (tertiary/aromatic N) is 2. The van der Waals surface area contributed by atoms with E-state index in [-0.39, 0.29) is 0 Å². The fraction of sp³-hybridized carbons (Fsp3) is 0.188. The molecule has 0 amide bonds. The zero-order chi connectivity index (χ0) is 13.0. The molecule has 18 heavy (non-hydrogen) atoms. The molecule has 0 radical (unpaired) electrons. The number of hydrogen-bond donors (Lipinski definition) is 0. The zero-order valence-corrected chi connectivity index (χ0v) is 11.1. The first-order valence-corrected chi connectivity index (χ1v) is 6.07. The van der Waals surface area contributed by atoms with Crippen LogP contribution in [-0.2, 0) is 0 Å². The Morgan fingerprint density at radius 1 is 0.889 bits per heavy atom. The molecule has 0 atom stereocenters. The number of para-hydroxylation sites is 2. The Hall–Kier alpha value is -2.09. The van der Waals surface area contributed by atoms with Gasteiger partial charge in [-0.1, -0.05) is 36.4 Å². The highest BCUT2D eigenvalue weighted by molar-refractivity contribution is 5.81. The first kappa shape index (κ1) is 12.4. The average molecular weight is 238 g/mol. The van der Waals surface area contributed by atoms with Gasteiger partial charge in [0.25, 0.3) is 0 Å². The van der Waals surface area contributed by atoms with Crippen LogP contribution in [0.5, 0.6) is 0 Å². The van der Waals surface area contributed by atoms with E-state index in [4.69, 9.17) is 0 Å². The Kier molecular flexibility index (Phi) is 3.78. The summed E-state index contributed by atoms with van der Waals surface area (Å²) in [4.78, 5) is 6.60. The summed E-state index contributed by atoms with van der Waals surface area (Å²) in [7, 11) is 2.01. The Morgan fingerprint density at radius 3 is 2.11 bits per heavy atom. The van der Waals surface area contributed by atoms with Crippen molar-refractivity contribution in [1.82, 2.24) is 0 Å². The molecular weight excluding hydrogens is 220 g/mol. The summed E-state index contributed by atoms with van der Waals surface area (Å²) in [6.45, 7) is 4.17. The van der Waals surface area contributed by atoms with E-state index in [1.807, 2.05) is 36.5 Å². The van der Waals surface area contributed by atoms with Crippen LogP contribution < -0.4 is 4.90 Å². The number of aryl methyl sites for hydroxylation is 2. The third-order valence-electron chi connectivity index (χ3n) is 2.96. The summed E-state index contributed by atoms with van der Waals surface area (Å²) in [6, 6.07) is 16.4. The van der Waals surface area contributed by atoms with Crippen molar-refractivity contribution in [2.45, 2.75) is 13.8 Å². The Labute approximate surface area is 109 Å². The normalized spacial score (nSPS) is 10.8. The van der Waals surface area contributed by atoms with Crippen LogP contribution in [-0.4, -0.2) is 13.4 Å². The second-order valence-electron chi connectivity index (χ2n) is 4.43. The minimum absolute atomic E-state index is 1.06. The van der Waals surface area contributed by atoms with E-state index < -0.39 is 0 Å². The van der Waals surface area contributed by atoms with Gasteiger partial charge in [-0.2, -0.15) is 0 Å². The van der Waals surface area contributed by atoms with E-state index in [9.17, 15) is 0 Å². The highest BCUT2D eigenvalue weighted by Gasteiger charge is 2.00. The van der Waals surface area contributed by atoms with Gasteiger partial charge in [0.15, 0.2) is 0 Å². The smallest absolute Gasteiger partial charge is 0.0954 e. The fourth-order valence-corrected chi connectivity index (χ4v) is 1.88. The first-order chi connectivity index (χ1) is 8.68. The van der Waals surface area contributed by atoms with Crippen molar-refractivity contribution in [3.63, 3.8) is 0 Å². The molecule has 92 valence electrons. The van der Waals surface area contributed by atoms with E-state index in [1.165, 1.54) is 11.1 Å². The molecule has 0 bridgehead atoms. The van der Waals surface area contributed by atoms with Gasteiger partial charge >= 0.3 is 0 Å². The molecule has 0 unspecified atom stereocenters. The topological polar surface area (TPSA) is 15.6 Å². The lowest BCUT2D eigenvalue weighted by Gasteiger charge is -2.13. The second kappa shape index (κ2) is 5.50. The SMILES string of the molecule is Cc1cccc(C)c1N=CN(C)c1ccccc1. The van der Waals surface area contributed by atoms with Crippen LogP contribution in [0.1, 0.15) is 11.1 Å². The molecule has 0 aliphatic rings. The summed E-state index contributed by atoms with van der Waals surface area (Å²) < 4.78 is 0. The monoisotopic (exact) mass is 238 g/mol. The molecule has 0 aliphatic carbocycles. The quantitative estimate of drug-likeness (QED) is 0.580. The van der Waals surface area contributed by atoms with Gasteiger partial charge in [-0.3, -0.25) is 0 Å². The molecule has 0 N–H and O–H groups in total. The van der Waals surface area contributed by atoms with Gasteiger partial charge in [0, 0.05) is 12.7 Å². The van der Waals surface area contributed by atoms with Gasteiger partial charge < -0.3 is 4.90 Å². The highest BCUT2D eigenvalue weighted by atomic mass is 15.1. The van der Waals surface area contributed by atoms with Crippen LogP contribution in [0.15, 0.2) is 53.5 Å². The van der Waals surface area contributed by atoms with Crippen molar-refractivity contribution in [1.29, 1.82) is 0 Å². The maximum atomic E-state index is 4.58. The molecule has 2 nitrogen and oxygen atoms in total. The van der Waals surface area contributed by atoms with Crippen molar-refractivity contribution in [2.24, 2.45) is 4.99 Å². The lowest BCUT2D eigenvalue weighted by atomic mass is 10.1. The second-order valence-corrected chi connectivity index (χ2v) is 4.43. The Morgan fingerprint density at radius 2 is 1.50 bits per heavy atom. The minimum Gasteiger partial charge on any atom is -0.336 e. The van der Waals surface area contributed by atoms with Crippen molar-refractivity contribution >= 4 is 17.7 Å². The molecule has 2 aromatic rings. The predicted molar refractivity (Wildman–Crippen MR) is 78.9 cm³/mol. The molecule has 2 heteroatoms. The summed E-state index contributed by atoms with van der Waals surface area (Å²) >= 11 is 0. The van der Waals surface area contributed by atoms with Crippen LogP contribution in [0.25, 0.3) is 0 Å². The third-order valence-corrected chi connectivity index (χ3v) is 2.96. The summed E-state index contributed by atoms with van der Waals surface area (Å²) in [5.41, 5.74) is 4.59. The molecule has 2 aromatic carbocycles. The van der Waals surface area contributed by atoms with Crippen LogP contribution >= 0.6 is 0 Å². The Bertz CT molecular complexity index is 524. The molecule has 0 saturated carbocycles. The highest BCUT2D eigenvalue weighted by Crippen LogP contribution is 2.22. The van der Waals surface area contributed by atoms with Crippen LogP contribution in [0.4, 0.5) is 11.4 Å². The van der Waals surface area contributed by atoms with Crippen LogP contribution in [0, 0.1) is 13.8 Å². The number of hydrogen-bond acceptors (Lipinski definition) is 1. The number of anilines is 1. The van der Waals surface area contributed by atoms with Gasteiger partial charge in [-0.15, -0.1) is 0 Å². The van der Waals surface area contributed by atoms with Crippen molar-refractivity contribution in [3.8, 4) is 0 Å².